The monoisotopic (exact) mass is 433 g/mol. The zero-order valence-corrected chi connectivity index (χ0v) is 18.1. The lowest BCUT2D eigenvalue weighted by molar-refractivity contribution is 0.280. The van der Waals surface area contributed by atoms with Gasteiger partial charge in [0.1, 0.15) is 12.4 Å². The molecule has 0 fully saturated rings. The third-order valence-corrected chi connectivity index (χ3v) is 4.78. The van der Waals surface area contributed by atoms with Crippen molar-refractivity contribution in [3.63, 3.8) is 0 Å². The molecule has 0 aliphatic heterocycles. The molecular weight excluding hydrogens is 409 g/mol. The first-order valence-electron chi connectivity index (χ1n) is 9.07. The number of para-hydroxylation sites is 1. The maximum absolute atomic E-state index is 6.24. The lowest BCUT2D eigenvalue weighted by Crippen LogP contribution is -2.14. The molecule has 0 aliphatic carbocycles. The summed E-state index contributed by atoms with van der Waals surface area (Å²) in [5, 5.41) is 4.15. The van der Waals surface area contributed by atoms with Gasteiger partial charge in [-0.2, -0.15) is 0 Å². The first-order valence-corrected chi connectivity index (χ1v) is 9.44. The standard InChI is InChI=1S/C23H24ClNO3.ClH/c1-26-20-12-10-17(11-13-20)14-25-15-18-7-5-9-22(27-2)23(18)28-16-19-6-3-4-8-21(19)24;/h3-13,25H,14-16H2,1-2H3;1H. The second-order valence-corrected chi connectivity index (χ2v) is 6.69. The van der Waals surface area contributed by atoms with Crippen molar-refractivity contribution in [1.29, 1.82) is 0 Å². The van der Waals surface area contributed by atoms with Gasteiger partial charge in [0.2, 0.25) is 0 Å². The number of methoxy groups -OCH3 is 2. The highest BCUT2D eigenvalue weighted by Crippen LogP contribution is 2.32. The van der Waals surface area contributed by atoms with Crippen LogP contribution in [0.25, 0.3) is 0 Å². The molecule has 0 spiro atoms. The van der Waals surface area contributed by atoms with Crippen molar-refractivity contribution < 1.29 is 14.2 Å². The molecule has 0 saturated heterocycles. The van der Waals surface area contributed by atoms with E-state index in [1.54, 1.807) is 14.2 Å². The number of nitrogens with one attached hydrogen (secondary N) is 1. The summed E-state index contributed by atoms with van der Waals surface area (Å²) in [7, 11) is 3.31. The van der Waals surface area contributed by atoms with E-state index in [9.17, 15) is 0 Å². The van der Waals surface area contributed by atoms with E-state index in [-0.39, 0.29) is 12.4 Å². The molecule has 0 bridgehead atoms. The van der Waals surface area contributed by atoms with Crippen molar-refractivity contribution >= 4 is 24.0 Å². The normalized spacial score (nSPS) is 10.2. The van der Waals surface area contributed by atoms with E-state index >= 15 is 0 Å². The summed E-state index contributed by atoms with van der Waals surface area (Å²) in [6, 6.07) is 21.6. The Balaban J connectivity index is 0.00000300. The van der Waals surface area contributed by atoms with Crippen LogP contribution in [0.2, 0.25) is 5.02 Å². The Morgan fingerprint density at radius 1 is 0.793 bits per heavy atom. The summed E-state index contributed by atoms with van der Waals surface area (Å²) in [5.41, 5.74) is 3.15. The Labute approximate surface area is 183 Å². The Kier molecular flexibility index (Phi) is 9.13. The van der Waals surface area contributed by atoms with Crippen molar-refractivity contribution in [1.82, 2.24) is 5.32 Å². The zero-order chi connectivity index (χ0) is 19.8. The van der Waals surface area contributed by atoms with Crippen LogP contribution in [-0.4, -0.2) is 14.2 Å². The molecule has 0 saturated carbocycles. The molecule has 3 aromatic rings. The van der Waals surface area contributed by atoms with E-state index in [0.717, 1.165) is 29.2 Å². The van der Waals surface area contributed by atoms with Crippen LogP contribution in [0.3, 0.4) is 0 Å². The largest absolute Gasteiger partial charge is 0.497 e. The Morgan fingerprint density at radius 3 is 2.21 bits per heavy atom. The lowest BCUT2D eigenvalue weighted by Gasteiger charge is -2.16. The Morgan fingerprint density at radius 2 is 1.52 bits per heavy atom. The fraction of sp³-hybridized carbons (Fsp3) is 0.217. The van der Waals surface area contributed by atoms with Crippen molar-refractivity contribution in [2.24, 2.45) is 0 Å². The summed E-state index contributed by atoms with van der Waals surface area (Å²) in [6.07, 6.45) is 0. The average Bonchev–Trinajstić information content (AvgIpc) is 2.74. The van der Waals surface area contributed by atoms with Gasteiger partial charge in [0, 0.05) is 29.2 Å². The van der Waals surface area contributed by atoms with Gasteiger partial charge in [-0.1, -0.05) is 54.1 Å². The zero-order valence-electron chi connectivity index (χ0n) is 16.5. The molecular formula is C23H25Cl2NO3. The summed E-state index contributed by atoms with van der Waals surface area (Å²) < 4.78 is 16.8. The molecule has 0 aliphatic rings. The van der Waals surface area contributed by atoms with Crippen LogP contribution in [0.5, 0.6) is 17.2 Å². The smallest absolute Gasteiger partial charge is 0.166 e. The number of halogens is 2. The third kappa shape index (κ3) is 6.29. The SMILES string of the molecule is COc1ccc(CNCc2cccc(OC)c2OCc2ccccc2Cl)cc1.Cl. The van der Waals surface area contributed by atoms with Gasteiger partial charge in [-0.15, -0.1) is 12.4 Å². The molecule has 154 valence electrons. The van der Waals surface area contributed by atoms with E-state index in [0.29, 0.717) is 23.9 Å². The molecule has 0 atom stereocenters. The van der Waals surface area contributed by atoms with Gasteiger partial charge < -0.3 is 19.5 Å². The van der Waals surface area contributed by atoms with Gasteiger partial charge in [0.25, 0.3) is 0 Å². The minimum atomic E-state index is 0. The summed E-state index contributed by atoms with van der Waals surface area (Å²) in [5.74, 6) is 2.29. The number of benzene rings is 3. The molecule has 0 radical (unpaired) electrons. The topological polar surface area (TPSA) is 39.7 Å². The molecule has 4 nitrogen and oxygen atoms in total. The molecule has 3 rings (SSSR count). The number of rotatable bonds is 9. The first-order chi connectivity index (χ1) is 13.7. The summed E-state index contributed by atoms with van der Waals surface area (Å²) in [6.45, 7) is 1.78. The maximum Gasteiger partial charge on any atom is 0.166 e. The van der Waals surface area contributed by atoms with Crippen molar-refractivity contribution in [3.05, 3.63) is 88.4 Å². The highest BCUT2D eigenvalue weighted by Gasteiger charge is 2.11. The molecule has 0 aromatic heterocycles. The fourth-order valence-corrected chi connectivity index (χ4v) is 3.07. The molecule has 6 heteroatoms. The molecule has 0 heterocycles. The molecule has 0 unspecified atom stereocenters. The van der Waals surface area contributed by atoms with Gasteiger partial charge in [-0.05, 0) is 29.8 Å². The van der Waals surface area contributed by atoms with E-state index < -0.39 is 0 Å². The van der Waals surface area contributed by atoms with Gasteiger partial charge in [0.05, 0.1) is 14.2 Å². The van der Waals surface area contributed by atoms with E-state index in [4.69, 9.17) is 25.8 Å². The van der Waals surface area contributed by atoms with Crippen LogP contribution in [0, 0.1) is 0 Å². The third-order valence-electron chi connectivity index (χ3n) is 4.41. The number of ether oxygens (including phenoxy) is 3. The first kappa shape index (κ1) is 22.9. The Bertz CT molecular complexity index is 901. The quantitative estimate of drug-likeness (QED) is 0.473. The predicted octanol–water partition coefficient (Wildman–Crippen LogP) is 5.65. The minimum Gasteiger partial charge on any atom is -0.497 e. The van der Waals surface area contributed by atoms with Crippen LogP contribution < -0.4 is 19.5 Å². The van der Waals surface area contributed by atoms with Crippen LogP contribution in [-0.2, 0) is 19.7 Å². The summed E-state index contributed by atoms with van der Waals surface area (Å²) >= 11 is 6.24. The number of hydrogen-bond acceptors (Lipinski definition) is 4. The Hall–Kier alpha value is -2.40. The number of hydrogen-bond donors (Lipinski definition) is 1. The maximum atomic E-state index is 6.24. The second kappa shape index (κ2) is 11.6. The van der Waals surface area contributed by atoms with Gasteiger partial charge >= 0.3 is 0 Å². The average molecular weight is 434 g/mol. The predicted molar refractivity (Wildman–Crippen MR) is 120 cm³/mol. The molecule has 0 amide bonds. The van der Waals surface area contributed by atoms with Gasteiger partial charge in [-0.3, -0.25) is 0 Å². The van der Waals surface area contributed by atoms with Crippen molar-refractivity contribution in [3.8, 4) is 17.2 Å². The van der Waals surface area contributed by atoms with E-state index in [1.165, 1.54) is 5.56 Å². The lowest BCUT2D eigenvalue weighted by atomic mass is 10.1. The molecule has 29 heavy (non-hydrogen) atoms. The van der Waals surface area contributed by atoms with Crippen LogP contribution in [0.1, 0.15) is 16.7 Å². The minimum absolute atomic E-state index is 0. The highest BCUT2D eigenvalue weighted by atomic mass is 35.5. The second-order valence-electron chi connectivity index (χ2n) is 6.28. The van der Waals surface area contributed by atoms with Crippen LogP contribution >= 0.6 is 24.0 Å². The van der Waals surface area contributed by atoms with Crippen molar-refractivity contribution in [2.45, 2.75) is 19.7 Å². The van der Waals surface area contributed by atoms with Crippen LogP contribution in [0.4, 0.5) is 0 Å². The van der Waals surface area contributed by atoms with Gasteiger partial charge in [-0.25, -0.2) is 0 Å². The molecule has 1 N–H and O–H groups in total. The molecule has 3 aromatic carbocycles. The fourth-order valence-electron chi connectivity index (χ4n) is 2.88. The summed E-state index contributed by atoms with van der Waals surface area (Å²) in [4.78, 5) is 0. The highest BCUT2D eigenvalue weighted by molar-refractivity contribution is 6.31. The van der Waals surface area contributed by atoms with Gasteiger partial charge in [0.15, 0.2) is 11.5 Å². The van der Waals surface area contributed by atoms with Crippen molar-refractivity contribution in [2.75, 3.05) is 14.2 Å². The van der Waals surface area contributed by atoms with Crippen LogP contribution in [0.15, 0.2) is 66.7 Å². The van der Waals surface area contributed by atoms with E-state index in [1.807, 2.05) is 66.7 Å². The van der Waals surface area contributed by atoms with E-state index in [2.05, 4.69) is 5.32 Å².